The van der Waals surface area contributed by atoms with Crippen LogP contribution in [0.15, 0.2) is 99.8 Å². The number of ether oxygens (including phenoxy) is 2. The number of methoxy groups -OCH3 is 1. The van der Waals surface area contributed by atoms with E-state index in [-0.39, 0.29) is 91.5 Å². The van der Waals surface area contributed by atoms with E-state index in [4.69, 9.17) is 19.4 Å². The number of likely N-dealkylation sites (N-methyl/N-ethyl adjacent to an activating group) is 2. The summed E-state index contributed by atoms with van der Waals surface area (Å²) in [4.78, 5) is 91.9. The number of rotatable bonds is 7. The van der Waals surface area contributed by atoms with Gasteiger partial charge in [0, 0.05) is 94.5 Å². The van der Waals surface area contributed by atoms with E-state index in [1.54, 1.807) is 35.5 Å². The molecule has 4 aliphatic rings. The number of piperazine rings is 1. The van der Waals surface area contributed by atoms with Gasteiger partial charge in [0.2, 0.25) is 5.88 Å². The van der Waals surface area contributed by atoms with Crippen molar-refractivity contribution >= 4 is 72.5 Å². The Kier molecular flexibility index (Phi) is 16.4. The van der Waals surface area contributed by atoms with Crippen LogP contribution in [0.3, 0.4) is 0 Å². The van der Waals surface area contributed by atoms with Gasteiger partial charge in [0.05, 0.1) is 69.2 Å². The second-order valence-electron chi connectivity index (χ2n) is 27.7. The first kappa shape index (κ1) is 64.8. The van der Waals surface area contributed by atoms with Crippen molar-refractivity contribution in [2.75, 3.05) is 73.5 Å². The fraction of sp³-hybridized carbons (Fsp3) is 0.384. The molecule has 10 aromatic rings. The number of nitrogens with one attached hydrogen (secondary N) is 1. The zero-order valence-corrected chi connectivity index (χ0v) is 56.3. The lowest BCUT2D eigenvalue weighted by Crippen LogP contribution is -2.64. The van der Waals surface area contributed by atoms with E-state index >= 15 is 22.4 Å². The molecule has 2 fully saturated rings. The molecule has 1 N–H and O–H groups in total. The number of nitrogens with zero attached hydrogens (tertiary/aromatic N) is 12. The molecule has 498 valence electrons. The number of aromatic amines is 1. The molecule has 0 aliphatic carbocycles. The van der Waals surface area contributed by atoms with Crippen molar-refractivity contribution in [1.29, 1.82) is 0 Å². The molecule has 0 bridgehead atoms. The highest BCUT2D eigenvalue weighted by molar-refractivity contribution is 6.05. The molecule has 0 saturated carbocycles. The maximum absolute atomic E-state index is 16.9. The second-order valence-corrected chi connectivity index (χ2v) is 27.7. The standard InChI is InChI=1S/C39H43F2N7O4.C34H34F2N6O2/c1-20(2)30-32(21(3)12-14-42-30)48-35-25(16-27(41)31(44-35)29-26(40)11-10-23-13-15-43-36(51-9)28(23)29)33-34(37(48)49)45(8)18-24-19-46(22(4)17-47(24)33)38(50)52-39(5,6)7;1-17(2)27-29(19(4)10-12-37-27)42-32-22(30-31(34(42)44)40(5)16-21-8-6-18(3)15-41(21)30)14-24(36)28(39-32)26-23(35)9-7-20-11-13-38-33(43)25(20)26/h10-16,20,22,24H,17-19H2,1-9H3;7,9-14,17-18,21H,6,8,15-16H2,1-5H3,(H,38,43)/t22-,24+;18-,21+/m10/s1. The van der Waals surface area contributed by atoms with E-state index < -0.39 is 40.5 Å². The normalized spacial score (nSPS) is 17.9. The fourth-order valence-electron chi connectivity index (χ4n) is 14.7. The third kappa shape index (κ3) is 10.8. The minimum absolute atomic E-state index is 0.00446. The van der Waals surface area contributed by atoms with Crippen LogP contribution in [0, 0.1) is 43.0 Å². The van der Waals surface area contributed by atoms with Crippen molar-refractivity contribution in [1.82, 2.24) is 43.9 Å². The first-order valence-corrected chi connectivity index (χ1v) is 32.5. The number of amides is 1. The lowest BCUT2D eigenvalue weighted by molar-refractivity contribution is 0.0125. The molecule has 2 saturated heterocycles. The molecule has 12 heterocycles. The zero-order chi connectivity index (χ0) is 68.4. The van der Waals surface area contributed by atoms with Gasteiger partial charge < -0.3 is 39.0 Å². The Labute approximate surface area is 552 Å². The largest absolute Gasteiger partial charge is 0.481 e. The second kappa shape index (κ2) is 24.4. The molecule has 23 heteroatoms. The van der Waals surface area contributed by atoms with E-state index in [2.05, 4.69) is 36.7 Å². The Morgan fingerprint density at radius 2 is 1.09 bits per heavy atom. The maximum atomic E-state index is 16.9. The average Bonchev–Trinajstić information content (AvgIpc) is 0.715. The number of pyridine rings is 8. The molecule has 14 rings (SSSR count). The Bertz CT molecular complexity index is 5050. The van der Waals surface area contributed by atoms with Gasteiger partial charge in [0.1, 0.15) is 51.6 Å². The summed E-state index contributed by atoms with van der Waals surface area (Å²) in [6.45, 7) is 23.9. The summed E-state index contributed by atoms with van der Waals surface area (Å²) < 4.78 is 79.3. The maximum Gasteiger partial charge on any atom is 0.410 e. The topological polar surface area (TPSA) is 193 Å². The van der Waals surface area contributed by atoms with Crippen LogP contribution >= 0.6 is 0 Å². The summed E-state index contributed by atoms with van der Waals surface area (Å²) in [5.74, 6) is -2.68. The number of fused-ring (bicyclic) bond motifs is 12. The van der Waals surface area contributed by atoms with E-state index in [1.165, 1.54) is 59.0 Å². The molecule has 19 nitrogen and oxygen atoms in total. The Balaban J connectivity index is 0.000000176. The quantitative estimate of drug-likeness (QED) is 0.148. The van der Waals surface area contributed by atoms with Crippen LogP contribution < -0.4 is 41.0 Å². The molecule has 1 amide bonds. The predicted molar refractivity (Wildman–Crippen MR) is 368 cm³/mol. The predicted octanol–water partition coefficient (Wildman–Crippen LogP) is 13.0. The summed E-state index contributed by atoms with van der Waals surface area (Å²) >= 11 is 0. The van der Waals surface area contributed by atoms with E-state index in [0.717, 1.165) is 30.5 Å². The molecule has 0 spiro atoms. The molecule has 2 aromatic carbocycles. The summed E-state index contributed by atoms with van der Waals surface area (Å²) in [7, 11) is 5.15. The van der Waals surface area contributed by atoms with Crippen molar-refractivity contribution < 1.29 is 31.8 Å². The number of hydrogen-bond donors (Lipinski definition) is 1. The van der Waals surface area contributed by atoms with Gasteiger partial charge >= 0.3 is 6.09 Å². The number of carbonyl (C=O) groups excluding carboxylic acids is 1. The van der Waals surface area contributed by atoms with Crippen molar-refractivity contribution in [3.63, 3.8) is 0 Å². The van der Waals surface area contributed by atoms with Gasteiger partial charge in [-0.1, -0.05) is 46.8 Å². The third-order valence-corrected chi connectivity index (χ3v) is 19.1. The van der Waals surface area contributed by atoms with Crippen LogP contribution in [0.25, 0.3) is 77.5 Å². The molecule has 8 aromatic heterocycles. The first-order chi connectivity index (χ1) is 45.7. The molecular weight excluding hydrogens is 1230 g/mol. The number of aryl methyl sites for hydroxylation is 2. The Morgan fingerprint density at radius 3 is 1.61 bits per heavy atom. The highest BCUT2D eigenvalue weighted by Gasteiger charge is 2.44. The number of benzene rings is 2. The number of aromatic nitrogens is 8. The Morgan fingerprint density at radius 1 is 0.594 bits per heavy atom. The lowest BCUT2D eigenvalue weighted by Gasteiger charge is -2.51. The molecule has 0 radical (unpaired) electrons. The van der Waals surface area contributed by atoms with Crippen LogP contribution in [-0.2, 0) is 4.74 Å². The SMILES string of the molecule is COc1nccc2ccc(F)c(-c3nc4c(cc3F)c3c(c(=O)n4-c4c(C)ccnc4C(C)C)N(C)C[C@H]4CN(C(=O)OC(C)(C)C)[C@H](C)CN34)c12.Cc1ccnc(C(C)C)c1-n1c(=O)c2c(c3cc(F)c(-c4c(F)ccc5cc[nH]c(=O)c45)nc31)N1C[C@@H](C)CC[C@@H]1CN2C. The number of halogens is 4. The lowest BCUT2D eigenvalue weighted by atomic mass is 9.90. The number of piperidine rings is 1. The van der Waals surface area contributed by atoms with Gasteiger partial charge in [-0.3, -0.25) is 33.5 Å². The van der Waals surface area contributed by atoms with Crippen molar-refractivity contribution in [2.24, 2.45) is 5.92 Å². The number of H-pyrrole nitrogens is 1. The van der Waals surface area contributed by atoms with Gasteiger partial charge in [0.25, 0.3) is 16.7 Å². The van der Waals surface area contributed by atoms with E-state index in [9.17, 15) is 14.4 Å². The highest BCUT2D eigenvalue weighted by atomic mass is 19.1. The van der Waals surface area contributed by atoms with Crippen molar-refractivity contribution in [2.45, 2.75) is 125 Å². The van der Waals surface area contributed by atoms with Crippen LogP contribution in [-0.4, -0.2) is 128 Å². The average molecular weight is 1310 g/mol. The van der Waals surface area contributed by atoms with Crippen LogP contribution in [0.4, 0.5) is 45.1 Å². The van der Waals surface area contributed by atoms with Gasteiger partial charge in [0.15, 0.2) is 11.3 Å². The number of carbonyl (C=O) groups is 1. The Hall–Kier alpha value is -9.93. The number of hydrogen-bond acceptors (Lipinski definition) is 15. The summed E-state index contributed by atoms with van der Waals surface area (Å²) in [5, 5.41) is 2.11. The minimum atomic E-state index is -0.783. The van der Waals surface area contributed by atoms with Gasteiger partial charge in [-0.05, 0) is 143 Å². The monoisotopic (exact) mass is 1310 g/mol. The number of anilines is 4. The molecular formula is C73H77F4N13O6. The van der Waals surface area contributed by atoms with Crippen LogP contribution in [0.5, 0.6) is 5.88 Å². The summed E-state index contributed by atoms with van der Waals surface area (Å²) in [6.07, 6.45) is 8.01. The minimum Gasteiger partial charge on any atom is -0.481 e. The molecule has 96 heavy (non-hydrogen) atoms. The van der Waals surface area contributed by atoms with Crippen molar-refractivity contribution in [3.05, 3.63) is 162 Å². The van der Waals surface area contributed by atoms with Crippen LogP contribution in [0.1, 0.15) is 110 Å². The summed E-state index contributed by atoms with van der Waals surface area (Å²) in [5.41, 5.74) is 3.50. The van der Waals surface area contributed by atoms with Crippen molar-refractivity contribution in [3.8, 4) is 39.8 Å². The molecule has 0 unspecified atom stereocenters. The smallest absolute Gasteiger partial charge is 0.410 e. The van der Waals surface area contributed by atoms with Gasteiger partial charge in [-0.15, -0.1) is 0 Å². The highest BCUT2D eigenvalue weighted by Crippen LogP contribution is 2.47. The zero-order valence-electron chi connectivity index (χ0n) is 56.3. The van der Waals surface area contributed by atoms with Crippen LogP contribution in [0.2, 0.25) is 0 Å². The fourth-order valence-corrected chi connectivity index (χ4v) is 14.7. The van der Waals surface area contributed by atoms with Gasteiger partial charge in [-0.2, -0.15) is 0 Å². The summed E-state index contributed by atoms with van der Waals surface area (Å²) in [6, 6.07) is 14.8. The molecule has 4 aliphatic heterocycles. The van der Waals surface area contributed by atoms with E-state index in [1.807, 2.05) is 105 Å². The van der Waals surface area contributed by atoms with E-state index in [0.29, 0.717) is 99.2 Å². The first-order valence-electron chi connectivity index (χ1n) is 32.5. The molecule has 4 atom stereocenters. The third-order valence-electron chi connectivity index (χ3n) is 19.1. The van der Waals surface area contributed by atoms with Gasteiger partial charge in [-0.25, -0.2) is 37.3 Å².